The molecule has 1 aliphatic carbocycles. The second-order valence-corrected chi connectivity index (χ2v) is 24.6. The molecule has 15 rings (SSSR count). The third kappa shape index (κ3) is 6.80. The quantitative estimate of drug-likeness (QED) is 0.131. The van der Waals surface area contributed by atoms with Gasteiger partial charge in [-0.25, -0.2) is 0 Å². The Morgan fingerprint density at radius 3 is 1.49 bits per heavy atom. The molecule has 12 aromatic carbocycles. The highest BCUT2D eigenvalue weighted by atomic mass is 28.3. The molecule has 0 saturated carbocycles. The first-order chi connectivity index (χ1) is 38.1. The Morgan fingerprint density at radius 1 is 0.325 bits per heavy atom. The molecular weight excluding hydrogens is 945 g/mol. The minimum atomic E-state index is -2.74. The van der Waals surface area contributed by atoms with Crippen molar-refractivity contribution in [1.82, 2.24) is 4.57 Å². The standard InChI is InChI=1S/C74H52N2Si/c1-74(53-25-7-3-8-26-53)68-35-16-11-30-61(68)62-47-45-57(50-69(62)74)75(54-40-42-55(43-41-54)76-70-36-17-12-31-63(70)64-32-13-18-37-71(64)76)56-44-46-60(67(49-56)51-22-5-2-6-23-51)52-24-21-29-59(48-52)77(58-27-9-4-10-28-58)72-38-19-14-33-65(72)66-34-15-20-39-73(66)77/h2-50H,1H3. The van der Waals surface area contributed by atoms with E-state index in [-0.39, 0.29) is 5.41 Å². The molecule has 1 unspecified atom stereocenters. The van der Waals surface area contributed by atoms with Crippen LogP contribution in [0.3, 0.4) is 0 Å². The first kappa shape index (κ1) is 44.9. The normalized spacial score (nSPS) is 14.7. The van der Waals surface area contributed by atoms with Crippen molar-refractivity contribution in [2.24, 2.45) is 0 Å². The van der Waals surface area contributed by atoms with E-state index in [2.05, 4.69) is 314 Å². The molecule has 77 heavy (non-hydrogen) atoms. The van der Waals surface area contributed by atoms with Crippen LogP contribution >= 0.6 is 0 Å². The van der Waals surface area contributed by atoms with E-state index >= 15 is 0 Å². The van der Waals surface area contributed by atoms with Crippen molar-refractivity contribution in [2.45, 2.75) is 12.3 Å². The first-order valence-electron chi connectivity index (χ1n) is 26.8. The van der Waals surface area contributed by atoms with Crippen LogP contribution < -0.4 is 25.6 Å². The molecule has 0 bridgehead atoms. The number of para-hydroxylation sites is 2. The molecule has 362 valence electrons. The molecule has 2 heterocycles. The predicted octanol–water partition coefficient (Wildman–Crippen LogP) is 16.3. The van der Waals surface area contributed by atoms with Crippen LogP contribution in [0.15, 0.2) is 297 Å². The molecule has 0 amide bonds. The number of rotatable bonds is 9. The number of hydrogen-bond donors (Lipinski definition) is 0. The van der Waals surface area contributed by atoms with E-state index in [1.807, 2.05) is 0 Å². The summed E-state index contributed by atoms with van der Waals surface area (Å²) in [6.45, 7) is 2.41. The molecule has 0 spiro atoms. The lowest BCUT2D eigenvalue weighted by Crippen LogP contribution is -2.72. The Bertz CT molecular complexity index is 4310. The zero-order valence-electron chi connectivity index (χ0n) is 42.7. The van der Waals surface area contributed by atoms with Gasteiger partial charge in [-0.2, -0.15) is 0 Å². The molecule has 0 radical (unpaired) electrons. The van der Waals surface area contributed by atoms with Gasteiger partial charge in [0.05, 0.1) is 11.0 Å². The largest absolute Gasteiger partial charge is 0.310 e. The smallest absolute Gasteiger partial charge is 0.180 e. The van der Waals surface area contributed by atoms with Crippen LogP contribution in [-0.4, -0.2) is 12.6 Å². The fraction of sp³-hybridized carbons (Fsp3) is 0.0270. The summed E-state index contributed by atoms with van der Waals surface area (Å²) in [5.41, 5.74) is 20.4. The fourth-order valence-corrected chi connectivity index (χ4v) is 18.7. The van der Waals surface area contributed by atoms with Crippen molar-refractivity contribution in [3.63, 3.8) is 0 Å². The van der Waals surface area contributed by atoms with Crippen molar-refractivity contribution < 1.29 is 0 Å². The molecule has 0 N–H and O–H groups in total. The number of benzene rings is 12. The molecule has 1 atom stereocenters. The van der Waals surface area contributed by atoms with Gasteiger partial charge < -0.3 is 9.47 Å². The Hall–Kier alpha value is -9.54. The highest BCUT2D eigenvalue weighted by molar-refractivity contribution is 7.22. The van der Waals surface area contributed by atoms with Crippen molar-refractivity contribution in [2.75, 3.05) is 4.90 Å². The molecule has 1 aliphatic heterocycles. The lowest BCUT2D eigenvalue weighted by molar-refractivity contribution is 0.714. The number of nitrogens with zero attached hydrogens (tertiary/aromatic N) is 2. The SMILES string of the molecule is CC1(c2ccccc2)c2ccccc2-c2ccc(N(c3ccc(-n4c5ccccc5c5ccccc54)cc3)c3ccc(-c4cccc([Si]5(c6ccccc6)c6ccccc6-c6ccccc65)c4)c(-c4ccccc4)c3)cc21. The zero-order valence-corrected chi connectivity index (χ0v) is 43.7. The Labute approximate surface area is 451 Å². The predicted molar refractivity (Wildman–Crippen MR) is 326 cm³/mol. The van der Waals surface area contributed by atoms with Crippen LogP contribution in [0.25, 0.3) is 72.0 Å². The molecule has 0 saturated heterocycles. The second kappa shape index (κ2) is 17.8. The Kier molecular flexibility index (Phi) is 10.4. The number of fused-ring (bicyclic) bond motifs is 9. The maximum absolute atomic E-state index is 2.74. The first-order valence-corrected chi connectivity index (χ1v) is 28.8. The van der Waals surface area contributed by atoms with Gasteiger partial charge in [0.25, 0.3) is 0 Å². The number of hydrogen-bond acceptors (Lipinski definition) is 1. The number of anilines is 3. The van der Waals surface area contributed by atoms with E-state index in [9.17, 15) is 0 Å². The maximum atomic E-state index is 2.52. The summed E-state index contributed by atoms with van der Waals surface area (Å²) < 4.78 is 2.40. The van der Waals surface area contributed by atoms with Gasteiger partial charge in [-0.1, -0.05) is 237 Å². The minimum Gasteiger partial charge on any atom is -0.310 e. The van der Waals surface area contributed by atoms with Gasteiger partial charge in [-0.3, -0.25) is 0 Å². The van der Waals surface area contributed by atoms with E-state index < -0.39 is 8.07 Å². The lowest BCUT2D eigenvalue weighted by Gasteiger charge is -2.32. The van der Waals surface area contributed by atoms with Crippen molar-refractivity contribution >= 4 is 67.7 Å². The molecule has 13 aromatic rings. The summed E-state index contributed by atoms with van der Waals surface area (Å²) in [6.07, 6.45) is 0. The topological polar surface area (TPSA) is 8.17 Å². The fourth-order valence-electron chi connectivity index (χ4n) is 13.5. The molecule has 3 heteroatoms. The van der Waals surface area contributed by atoms with Crippen LogP contribution in [-0.2, 0) is 5.41 Å². The molecular formula is C74H52N2Si. The third-order valence-electron chi connectivity index (χ3n) is 17.0. The molecule has 2 aliphatic rings. The van der Waals surface area contributed by atoms with Crippen LogP contribution in [0, 0.1) is 0 Å². The summed E-state index contributed by atoms with van der Waals surface area (Å²) in [5, 5.41) is 8.18. The Balaban J connectivity index is 0.933. The van der Waals surface area contributed by atoms with Crippen LogP contribution in [0.4, 0.5) is 17.1 Å². The van der Waals surface area contributed by atoms with Crippen LogP contribution in [0.2, 0.25) is 0 Å². The average molecular weight is 997 g/mol. The maximum Gasteiger partial charge on any atom is 0.180 e. The third-order valence-corrected chi connectivity index (χ3v) is 21.8. The van der Waals surface area contributed by atoms with E-state index in [1.165, 1.54) is 104 Å². The van der Waals surface area contributed by atoms with Gasteiger partial charge in [-0.05, 0) is 150 Å². The highest BCUT2D eigenvalue weighted by Crippen LogP contribution is 2.54. The lowest BCUT2D eigenvalue weighted by atomic mass is 9.74. The van der Waals surface area contributed by atoms with Gasteiger partial charge in [0.2, 0.25) is 0 Å². The minimum absolute atomic E-state index is 0.361. The molecule has 1 aromatic heterocycles. The summed E-state index contributed by atoms with van der Waals surface area (Å²) in [6, 6.07) is 111. The zero-order chi connectivity index (χ0) is 51.1. The summed E-state index contributed by atoms with van der Waals surface area (Å²) in [4.78, 5) is 2.47. The van der Waals surface area contributed by atoms with E-state index in [4.69, 9.17) is 0 Å². The molecule has 2 nitrogen and oxygen atoms in total. The van der Waals surface area contributed by atoms with Crippen molar-refractivity contribution in [3.05, 3.63) is 314 Å². The van der Waals surface area contributed by atoms with E-state index in [0.29, 0.717) is 0 Å². The average Bonchev–Trinajstić information content (AvgIpc) is 4.34. The van der Waals surface area contributed by atoms with E-state index in [1.54, 1.807) is 0 Å². The van der Waals surface area contributed by atoms with Gasteiger partial charge in [0, 0.05) is 38.9 Å². The van der Waals surface area contributed by atoms with Gasteiger partial charge in [-0.15, -0.1) is 0 Å². The molecule has 0 fully saturated rings. The van der Waals surface area contributed by atoms with Gasteiger partial charge in [0.15, 0.2) is 8.07 Å². The summed E-state index contributed by atoms with van der Waals surface area (Å²) >= 11 is 0. The highest BCUT2D eigenvalue weighted by Gasteiger charge is 2.48. The summed E-state index contributed by atoms with van der Waals surface area (Å²) in [5.74, 6) is 0. The van der Waals surface area contributed by atoms with Crippen LogP contribution in [0.1, 0.15) is 23.6 Å². The van der Waals surface area contributed by atoms with E-state index in [0.717, 1.165) is 22.7 Å². The van der Waals surface area contributed by atoms with Crippen molar-refractivity contribution in [1.29, 1.82) is 0 Å². The van der Waals surface area contributed by atoms with Gasteiger partial charge >= 0.3 is 0 Å². The summed E-state index contributed by atoms with van der Waals surface area (Å²) in [7, 11) is -2.74. The monoisotopic (exact) mass is 996 g/mol. The number of aromatic nitrogens is 1. The van der Waals surface area contributed by atoms with Crippen molar-refractivity contribution in [3.8, 4) is 50.2 Å². The Morgan fingerprint density at radius 2 is 0.818 bits per heavy atom. The second-order valence-electron chi connectivity index (χ2n) is 20.9. The van der Waals surface area contributed by atoms with Crippen LogP contribution in [0.5, 0.6) is 0 Å². The van der Waals surface area contributed by atoms with Gasteiger partial charge in [0.1, 0.15) is 0 Å².